The van der Waals surface area contributed by atoms with Gasteiger partial charge in [-0.2, -0.15) is 8.42 Å². The minimum Gasteiger partial charge on any atom is -0.481 e. The highest BCUT2D eigenvalue weighted by Gasteiger charge is 2.58. The largest absolute Gasteiger partial charge is 0.481 e. The molecule has 0 bridgehead atoms. The lowest BCUT2D eigenvalue weighted by Gasteiger charge is -2.38. The van der Waals surface area contributed by atoms with E-state index < -0.39 is 156 Å². The molecule has 0 aromatic carbocycles. The van der Waals surface area contributed by atoms with Crippen molar-refractivity contribution in [2.75, 3.05) is 27.2 Å². The van der Waals surface area contributed by atoms with Gasteiger partial charge in [-0.3, -0.25) is 43.0 Å². The first-order valence-electron chi connectivity index (χ1n) is 23.5. The average Bonchev–Trinajstić information content (AvgIpc) is 3.68. The van der Waals surface area contributed by atoms with E-state index in [0.717, 1.165) is 69.2 Å². The smallest absolute Gasteiger partial charge is 0.397 e. The number of hydrogen-bond donors (Lipinski definition) is 8. The van der Waals surface area contributed by atoms with Crippen LogP contribution in [0.4, 0.5) is 0 Å². The SMILES string of the molecule is CCCCCCCCCCCCC(CC(=O)OC1CN(C)C([C@@H](O[C@@H]2O[C@H](CN)[C@@H](O)[C@H]2OS(=O)(=O)O)C2O[C@@H](n3ccc(=O)[nH]c3=O)[C@H](O)[C@@H]2O)C(=O)N(C)C1C(=O)O)OC(=O)CC(C)CC(=O)O. The fourth-order valence-electron chi connectivity index (χ4n) is 9.00. The number of nitrogens with zero attached hydrogens (tertiary/aromatic N) is 3. The summed E-state index contributed by atoms with van der Waals surface area (Å²) in [5, 5.41) is 53.4. The molecule has 0 saturated carbocycles. The summed E-state index contributed by atoms with van der Waals surface area (Å²) >= 11 is 0. The average molecular weight is 1020 g/mol. The van der Waals surface area contributed by atoms with Crippen molar-refractivity contribution in [3.63, 3.8) is 0 Å². The summed E-state index contributed by atoms with van der Waals surface area (Å²) in [5.41, 5.74) is 3.79. The highest BCUT2D eigenvalue weighted by Crippen LogP contribution is 2.37. The van der Waals surface area contributed by atoms with Crippen molar-refractivity contribution in [1.82, 2.24) is 19.4 Å². The number of unbranched alkanes of at least 4 members (excludes halogenated alkanes) is 9. The highest BCUT2D eigenvalue weighted by atomic mass is 32.3. The van der Waals surface area contributed by atoms with Crippen LogP contribution in [0, 0.1) is 5.92 Å². The van der Waals surface area contributed by atoms with Crippen molar-refractivity contribution in [3.8, 4) is 0 Å². The number of aromatic nitrogens is 2. The predicted octanol–water partition coefficient (Wildman–Crippen LogP) is -0.975. The van der Waals surface area contributed by atoms with E-state index in [1.807, 2.05) is 4.98 Å². The number of nitrogens with one attached hydrogen (secondary N) is 1. The Labute approximate surface area is 404 Å². The molecule has 6 unspecified atom stereocenters. The molecule has 3 fully saturated rings. The van der Waals surface area contributed by atoms with E-state index >= 15 is 0 Å². The number of H-pyrrole nitrogens is 1. The fourth-order valence-corrected chi connectivity index (χ4v) is 9.49. The Hall–Kier alpha value is -4.42. The standard InChI is InChI=1S/C43H69N5O21S/c1-5-6-7-8-9-10-11-12-13-14-15-24(64-29(52)19-23(2)18-28(50)51)20-30(53)65-26-22-46(3)32(39(57)47(4)31(26)41(58)59)36(68-42-38(69-70(61,62)63)33(54)25(21-44)66-42)37-34(55)35(56)40(67-37)48-17-16-27(49)45-43(48)60/h16-17,23-26,31-38,40,42,54-56H,5-15,18-22,44H2,1-4H3,(H,50,51)(H,58,59)(H,45,49,60)(H,61,62,63)/t23?,24?,25-,26?,31?,32?,33-,34+,35-,36-,37?,38-,40-,42+/m1/s1. The topological polar surface area (TPSA) is 384 Å². The Kier molecular flexibility index (Phi) is 22.3. The van der Waals surface area contributed by atoms with E-state index in [0.29, 0.717) is 15.9 Å². The zero-order chi connectivity index (χ0) is 52.0. The highest BCUT2D eigenvalue weighted by molar-refractivity contribution is 7.80. The number of esters is 2. The Morgan fingerprint density at radius 1 is 0.886 bits per heavy atom. The van der Waals surface area contributed by atoms with Gasteiger partial charge in [0.15, 0.2) is 24.7 Å². The maximum Gasteiger partial charge on any atom is 0.397 e. The van der Waals surface area contributed by atoms with Crippen molar-refractivity contribution in [1.29, 1.82) is 0 Å². The molecule has 27 heteroatoms. The molecule has 3 aliphatic heterocycles. The van der Waals surface area contributed by atoms with Gasteiger partial charge in [0.1, 0.15) is 54.9 Å². The number of aliphatic hydroxyl groups is 3. The van der Waals surface area contributed by atoms with E-state index in [1.165, 1.54) is 19.9 Å². The monoisotopic (exact) mass is 1020 g/mol. The van der Waals surface area contributed by atoms with Gasteiger partial charge in [-0.15, -0.1) is 0 Å². The third-order valence-electron chi connectivity index (χ3n) is 12.5. The van der Waals surface area contributed by atoms with E-state index in [4.69, 9.17) is 29.4 Å². The number of aromatic amines is 1. The van der Waals surface area contributed by atoms with Crippen LogP contribution in [-0.4, -0.2) is 188 Å². The van der Waals surface area contributed by atoms with Gasteiger partial charge in [0.25, 0.3) is 5.56 Å². The summed E-state index contributed by atoms with van der Waals surface area (Å²) < 4.78 is 68.0. The molecule has 4 rings (SSSR count). The number of carboxylic acids is 2. The Morgan fingerprint density at radius 3 is 2.09 bits per heavy atom. The molecule has 4 heterocycles. The zero-order valence-corrected chi connectivity index (χ0v) is 40.5. The molecule has 1 amide bonds. The van der Waals surface area contributed by atoms with Crippen molar-refractivity contribution in [2.24, 2.45) is 11.7 Å². The van der Waals surface area contributed by atoms with Crippen LogP contribution < -0.4 is 17.0 Å². The maximum atomic E-state index is 14.7. The predicted molar refractivity (Wildman–Crippen MR) is 240 cm³/mol. The zero-order valence-electron chi connectivity index (χ0n) is 39.7. The van der Waals surface area contributed by atoms with Gasteiger partial charge in [0.05, 0.1) is 6.42 Å². The molecular formula is C43H69N5O21S. The number of amides is 1. The van der Waals surface area contributed by atoms with E-state index in [2.05, 4.69) is 11.1 Å². The molecule has 3 aliphatic rings. The number of hydrogen-bond acceptors (Lipinski definition) is 20. The van der Waals surface area contributed by atoms with Crippen molar-refractivity contribution < 1.29 is 90.3 Å². The fraction of sp³-hybridized carbons (Fsp3) is 0.791. The molecule has 398 valence electrons. The lowest BCUT2D eigenvalue weighted by atomic mass is 9.97. The van der Waals surface area contributed by atoms with Gasteiger partial charge < -0.3 is 59.9 Å². The van der Waals surface area contributed by atoms with Gasteiger partial charge in [0.2, 0.25) is 5.91 Å². The quantitative estimate of drug-likeness (QED) is 0.0284. The second kappa shape index (κ2) is 26.9. The molecule has 0 spiro atoms. The molecule has 1 aromatic rings. The maximum absolute atomic E-state index is 14.7. The first kappa shape index (κ1) is 58.2. The molecule has 1 aromatic heterocycles. The second-order valence-corrected chi connectivity index (χ2v) is 19.2. The number of aliphatic carboxylic acids is 2. The third kappa shape index (κ3) is 16.3. The van der Waals surface area contributed by atoms with Crippen LogP contribution in [0.15, 0.2) is 21.9 Å². The van der Waals surface area contributed by atoms with Gasteiger partial charge in [-0.25, -0.2) is 13.8 Å². The van der Waals surface area contributed by atoms with Crippen LogP contribution in [0.3, 0.4) is 0 Å². The van der Waals surface area contributed by atoms with Crippen molar-refractivity contribution in [2.45, 2.75) is 183 Å². The minimum absolute atomic E-state index is 0.212. The number of ether oxygens (including phenoxy) is 5. The lowest BCUT2D eigenvalue weighted by molar-refractivity contribution is -0.230. The summed E-state index contributed by atoms with van der Waals surface area (Å²) in [6, 6.07) is -2.88. The number of nitrogens with two attached hydrogens (primary N) is 1. The Morgan fingerprint density at radius 2 is 1.51 bits per heavy atom. The lowest BCUT2D eigenvalue weighted by Crippen LogP contribution is -2.60. The first-order valence-corrected chi connectivity index (χ1v) is 24.8. The minimum atomic E-state index is -5.37. The summed E-state index contributed by atoms with van der Waals surface area (Å²) in [4.78, 5) is 94.2. The van der Waals surface area contributed by atoms with Gasteiger partial charge in [-0.05, 0) is 25.8 Å². The molecule has 26 nitrogen and oxygen atoms in total. The van der Waals surface area contributed by atoms with E-state index in [9.17, 15) is 72.1 Å². The van der Waals surface area contributed by atoms with Gasteiger partial charge in [0, 0.05) is 45.2 Å². The Bertz CT molecular complexity index is 2140. The Balaban J connectivity index is 1.64. The van der Waals surface area contributed by atoms with Gasteiger partial charge in [-0.1, -0.05) is 71.6 Å². The number of carbonyl (C=O) groups is 5. The number of rotatable bonds is 28. The molecule has 14 atom stereocenters. The molecule has 70 heavy (non-hydrogen) atoms. The summed E-state index contributed by atoms with van der Waals surface area (Å²) in [6.07, 6.45) is -10.0. The summed E-state index contributed by atoms with van der Waals surface area (Å²) in [7, 11) is -3.06. The van der Waals surface area contributed by atoms with Crippen LogP contribution in [0.5, 0.6) is 0 Å². The molecule has 3 saturated heterocycles. The number of carboxylic acid groups (broad SMARTS) is 2. The number of carbonyl (C=O) groups excluding carboxylic acids is 3. The van der Waals surface area contributed by atoms with Gasteiger partial charge >= 0.3 is 40.0 Å². The summed E-state index contributed by atoms with van der Waals surface area (Å²) in [5.74, 6) is -6.26. The van der Waals surface area contributed by atoms with Crippen molar-refractivity contribution in [3.05, 3.63) is 33.1 Å². The van der Waals surface area contributed by atoms with E-state index in [1.54, 1.807) is 6.92 Å². The molecular weight excluding hydrogens is 955 g/mol. The third-order valence-corrected chi connectivity index (χ3v) is 13.0. The van der Waals surface area contributed by atoms with Crippen LogP contribution in [0.25, 0.3) is 0 Å². The molecule has 9 N–H and O–H groups in total. The van der Waals surface area contributed by atoms with Crippen LogP contribution in [-0.2, 0) is 62.2 Å². The van der Waals surface area contributed by atoms with Crippen LogP contribution in [0.1, 0.15) is 110 Å². The van der Waals surface area contributed by atoms with Crippen LogP contribution in [0.2, 0.25) is 0 Å². The first-order chi connectivity index (χ1) is 33.0. The second-order valence-electron chi connectivity index (χ2n) is 18.2. The molecule has 0 radical (unpaired) electrons. The number of aliphatic hydroxyl groups excluding tert-OH is 3. The van der Waals surface area contributed by atoms with Crippen LogP contribution >= 0.6 is 0 Å². The normalized spacial score (nSPS) is 28.8. The van der Waals surface area contributed by atoms with E-state index in [-0.39, 0.29) is 19.3 Å². The summed E-state index contributed by atoms with van der Waals surface area (Å²) in [6.45, 7) is 2.63. The number of likely N-dealkylation sites (N-methyl/N-ethyl adjacent to an activating group) is 2. The van der Waals surface area contributed by atoms with Crippen molar-refractivity contribution >= 4 is 40.2 Å². The molecule has 0 aliphatic carbocycles.